The van der Waals surface area contributed by atoms with Crippen molar-refractivity contribution in [2.75, 3.05) is 18.6 Å². The number of carbonyl (C=O) groups excluding carboxylic acids is 2. The number of anilines is 1. The quantitative estimate of drug-likeness (QED) is 0.539. The Morgan fingerprint density at radius 2 is 1.81 bits per heavy atom. The van der Waals surface area contributed by atoms with Crippen LogP contribution >= 0.6 is 0 Å². The maximum Gasteiger partial charge on any atom is 0.410 e. The summed E-state index contributed by atoms with van der Waals surface area (Å²) in [4.78, 5) is 26.2. The van der Waals surface area contributed by atoms with Crippen LogP contribution in [0.25, 0.3) is 0 Å². The van der Waals surface area contributed by atoms with Crippen LogP contribution < -0.4 is 11.1 Å². The van der Waals surface area contributed by atoms with E-state index in [0.29, 0.717) is 24.2 Å². The highest BCUT2D eigenvalue weighted by atomic mass is 19.1. The molecule has 32 heavy (non-hydrogen) atoms. The summed E-state index contributed by atoms with van der Waals surface area (Å²) in [5, 5.41) is 12.9. The zero-order valence-corrected chi connectivity index (χ0v) is 17.7. The second-order valence-electron chi connectivity index (χ2n) is 7.58. The number of carbonyl (C=O) groups is 2. The van der Waals surface area contributed by atoms with Gasteiger partial charge in [-0.05, 0) is 54.7 Å². The molecule has 0 aromatic heterocycles. The predicted octanol–water partition coefficient (Wildman–Crippen LogP) is 2.75. The molecule has 9 heteroatoms. The molecule has 2 aromatic carbocycles. The minimum absolute atomic E-state index is 0.0553. The SMILES string of the molecule is NCOC(O)[C@@H]1CCCCN1C(=O)OCc1ccc(NC(=O)Cc2ccc(F)cc2)cc1. The van der Waals surface area contributed by atoms with E-state index < -0.39 is 18.4 Å². The van der Waals surface area contributed by atoms with Gasteiger partial charge < -0.3 is 30.5 Å². The Hall–Kier alpha value is -3.01. The van der Waals surface area contributed by atoms with Gasteiger partial charge in [0.05, 0.1) is 19.2 Å². The summed E-state index contributed by atoms with van der Waals surface area (Å²) in [6.45, 7) is 0.403. The van der Waals surface area contributed by atoms with E-state index in [4.69, 9.17) is 15.2 Å². The number of nitrogens with zero attached hydrogens (tertiary/aromatic N) is 1. The monoisotopic (exact) mass is 445 g/mol. The van der Waals surface area contributed by atoms with E-state index in [0.717, 1.165) is 18.4 Å². The van der Waals surface area contributed by atoms with Gasteiger partial charge in [-0.3, -0.25) is 4.79 Å². The molecule has 3 rings (SSSR count). The van der Waals surface area contributed by atoms with Crippen molar-refractivity contribution in [3.05, 3.63) is 65.5 Å². The van der Waals surface area contributed by atoms with Gasteiger partial charge in [0.1, 0.15) is 12.4 Å². The number of rotatable bonds is 8. The maximum atomic E-state index is 13.0. The van der Waals surface area contributed by atoms with E-state index >= 15 is 0 Å². The number of benzene rings is 2. The van der Waals surface area contributed by atoms with Gasteiger partial charge in [-0.1, -0.05) is 24.3 Å². The van der Waals surface area contributed by atoms with Crippen LogP contribution in [0.3, 0.4) is 0 Å². The minimum Gasteiger partial charge on any atom is -0.445 e. The highest BCUT2D eigenvalue weighted by molar-refractivity contribution is 5.92. The predicted molar refractivity (Wildman–Crippen MR) is 116 cm³/mol. The highest BCUT2D eigenvalue weighted by Gasteiger charge is 2.33. The fourth-order valence-corrected chi connectivity index (χ4v) is 3.60. The Morgan fingerprint density at radius 1 is 1.12 bits per heavy atom. The van der Waals surface area contributed by atoms with E-state index in [1.54, 1.807) is 36.4 Å². The van der Waals surface area contributed by atoms with Crippen LogP contribution in [-0.2, 0) is 27.3 Å². The molecule has 1 unspecified atom stereocenters. The minimum atomic E-state index is -1.15. The summed E-state index contributed by atoms with van der Waals surface area (Å²) in [5.74, 6) is -0.563. The van der Waals surface area contributed by atoms with Crippen molar-refractivity contribution in [3.8, 4) is 0 Å². The molecule has 0 spiro atoms. The molecule has 8 nitrogen and oxygen atoms in total. The van der Waals surface area contributed by atoms with E-state index in [1.807, 2.05) is 0 Å². The number of nitrogens with one attached hydrogen (secondary N) is 1. The number of halogens is 1. The third-order valence-electron chi connectivity index (χ3n) is 5.26. The van der Waals surface area contributed by atoms with E-state index in [1.165, 1.54) is 17.0 Å². The first kappa shape index (κ1) is 23.6. The Labute approximate surface area is 186 Å². The number of hydrogen-bond acceptors (Lipinski definition) is 6. The lowest BCUT2D eigenvalue weighted by Crippen LogP contribution is -2.51. The van der Waals surface area contributed by atoms with Gasteiger partial charge in [-0.25, -0.2) is 9.18 Å². The molecule has 4 N–H and O–H groups in total. The molecule has 2 atom stereocenters. The zero-order chi connectivity index (χ0) is 22.9. The Bertz CT molecular complexity index is 892. The third kappa shape index (κ3) is 6.74. The second kappa shape index (κ2) is 11.6. The highest BCUT2D eigenvalue weighted by Crippen LogP contribution is 2.22. The molecule has 2 aromatic rings. The normalized spacial score (nSPS) is 17.0. The largest absolute Gasteiger partial charge is 0.445 e. The van der Waals surface area contributed by atoms with Crippen LogP contribution in [0.1, 0.15) is 30.4 Å². The number of piperidine rings is 1. The molecule has 1 saturated heterocycles. The average molecular weight is 445 g/mol. The van der Waals surface area contributed by atoms with E-state index in [2.05, 4.69) is 5.32 Å². The molecule has 1 heterocycles. The molecular weight excluding hydrogens is 417 g/mol. The standard InChI is InChI=1S/C23H28FN3O5/c24-18-8-4-16(5-9-18)13-21(28)26-19-10-6-17(7-11-19)14-31-23(30)27-12-2-1-3-20(27)22(29)32-15-25/h4-11,20,22,29H,1-3,12-15,25H2,(H,26,28)/t20-,22?/m0/s1. The first-order chi connectivity index (χ1) is 15.5. The molecule has 1 aliphatic heterocycles. The van der Waals surface area contributed by atoms with Gasteiger partial charge in [-0.15, -0.1) is 0 Å². The lowest BCUT2D eigenvalue weighted by atomic mass is 10.0. The summed E-state index contributed by atoms with van der Waals surface area (Å²) in [7, 11) is 0. The smallest absolute Gasteiger partial charge is 0.410 e. The molecule has 1 aliphatic rings. The van der Waals surface area contributed by atoms with Crippen molar-refractivity contribution in [1.82, 2.24) is 4.90 Å². The fraction of sp³-hybridized carbons (Fsp3) is 0.391. The van der Waals surface area contributed by atoms with Crippen molar-refractivity contribution in [2.45, 2.75) is 44.6 Å². The summed E-state index contributed by atoms with van der Waals surface area (Å²) < 4.78 is 23.4. The third-order valence-corrected chi connectivity index (χ3v) is 5.26. The Balaban J connectivity index is 1.49. The van der Waals surface area contributed by atoms with Crippen molar-refractivity contribution in [3.63, 3.8) is 0 Å². The lowest BCUT2D eigenvalue weighted by molar-refractivity contribution is -0.145. The molecule has 0 radical (unpaired) electrons. The summed E-state index contributed by atoms with van der Waals surface area (Å²) >= 11 is 0. The van der Waals surface area contributed by atoms with Crippen LogP contribution in [0.5, 0.6) is 0 Å². The van der Waals surface area contributed by atoms with Crippen LogP contribution in [0, 0.1) is 5.82 Å². The molecule has 0 aliphatic carbocycles. The number of aliphatic hydroxyl groups excluding tert-OH is 1. The number of nitrogens with two attached hydrogens (primary N) is 1. The van der Waals surface area contributed by atoms with Gasteiger partial charge in [0.15, 0.2) is 6.29 Å². The van der Waals surface area contributed by atoms with Crippen LogP contribution in [0.15, 0.2) is 48.5 Å². The number of hydrogen-bond donors (Lipinski definition) is 3. The second-order valence-corrected chi connectivity index (χ2v) is 7.58. The van der Waals surface area contributed by atoms with Gasteiger partial charge in [0.25, 0.3) is 0 Å². The molecule has 0 bridgehead atoms. The first-order valence-electron chi connectivity index (χ1n) is 10.5. The van der Waals surface area contributed by atoms with Gasteiger partial charge in [0, 0.05) is 12.2 Å². The van der Waals surface area contributed by atoms with Crippen molar-refractivity contribution < 1.29 is 28.6 Å². The van der Waals surface area contributed by atoms with Gasteiger partial charge in [-0.2, -0.15) is 0 Å². The van der Waals surface area contributed by atoms with Crippen molar-refractivity contribution >= 4 is 17.7 Å². The molecular formula is C23H28FN3O5. The van der Waals surface area contributed by atoms with E-state index in [-0.39, 0.29) is 31.5 Å². The summed E-state index contributed by atoms with van der Waals surface area (Å²) in [5.41, 5.74) is 7.39. The molecule has 0 saturated carbocycles. The number of likely N-dealkylation sites (tertiary alicyclic amines) is 1. The van der Waals surface area contributed by atoms with E-state index in [9.17, 15) is 19.1 Å². The van der Waals surface area contributed by atoms with Crippen molar-refractivity contribution in [2.24, 2.45) is 5.73 Å². The lowest BCUT2D eigenvalue weighted by Gasteiger charge is -2.37. The van der Waals surface area contributed by atoms with Gasteiger partial charge >= 0.3 is 6.09 Å². The molecule has 2 amide bonds. The summed E-state index contributed by atoms with van der Waals surface area (Å²) in [6.07, 6.45) is 0.789. The van der Waals surface area contributed by atoms with Crippen LogP contribution in [-0.4, -0.2) is 47.6 Å². The first-order valence-corrected chi connectivity index (χ1v) is 10.5. The maximum absolute atomic E-state index is 13.0. The molecule has 172 valence electrons. The summed E-state index contributed by atoms with van der Waals surface area (Å²) in [6, 6.07) is 12.2. The number of aliphatic hydroxyl groups is 1. The molecule has 1 fully saturated rings. The topological polar surface area (TPSA) is 114 Å². The van der Waals surface area contributed by atoms with Crippen LogP contribution in [0.4, 0.5) is 14.9 Å². The average Bonchev–Trinajstić information content (AvgIpc) is 2.80. The van der Waals surface area contributed by atoms with Crippen molar-refractivity contribution in [1.29, 1.82) is 0 Å². The fourth-order valence-electron chi connectivity index (χ4n) is 3.60. The Kier molecular flexibility index (Phi) is 8.55. The number of amides is 2. The van der Waals surface area contributed by atoms with Crippen LogP contribution in [0.2, 0.25) is 0 Å². The Morgan fingerprint density at radius 3 is 2.50 bits per heavy atom. The number of ether oxygens (including phenoxy) is 2. The zero-order valence-electron chi connectivity index (χ0n) is 17.7. The van der Waals surface area contributed by atoms with Gasteiger partial charge in [0.2, 0.25) is 5.91 Å².